The summed E-state index contributed by atoms with van der Waals surface area (Å²) in [7, 11) is 2.22. The Morgan fingerprint density at radius 3 is 2.63 bits per heavy atom. The second-order valence-electron chi connectivity index (χ2n) is 6.39. The molecule has 19 heavy (non-hydrogen) atoms. The number of nitriles is 1. The summed E-state index contributed by atoms with van der Waals surface area (Å²) in [5.41, 5.74) is -0.343. The molecule has 0 heterocycles. The predicted molar refractivity (Wildman–Crippen MR) is 81.0 cm³/mol. The van der Waals surface area contributed by atoms with Crippen molar-refractivity contribution in [1.29, 1.82) is 5.26 Å². The van der Waals surface area contributed by atoms with Gasteiger partial charge in [0.15, 0.2) is 0 Å². The third-order valence-corrected chi connectivity index (χ3v) is 4.27. The van der Waals surface area contributed by atoms with Gasteiger partial charge in [0.25, 0.3) is 0 Å². The highest BCUT2D eigenvalue weighted by atomic mass is 15.1. The van der Waals surface area contributed by atoms with Gasteiger partial charge in [-0.15, -0.1) is 0 Å². The molecule has 0 spiro atoms. The van der Waals surface area contributed by atoms with Crippen molar-refractivity contribution in [2.75, 3.05) is 26.7 Å². The average molecular weight is 265 g/mol. The number of hydrogen-bond acceptors (Lipinski definition) is 3. The highest BCUT2D eigenvalue weighted by Gasteiger charge is 2.22. The van der Waals surface area contributed by atoms with E-state index in [1.165, 1.54) is 32.2 Å². The highest BCUT2D eigenvalue weighted by molar-refractivity contribution is 5.03. The van der Waals surface area contributed by atoms with Gasteiger partial charge in [0.1, 0.15) is 5.54 Å². The van der Waals surface area contributed by atoms with Gasteiger partial charge in [0.05, 0.1) is 6.07 Å². The van der Waals surface area contributed by atoms with Crippen LogP contribution in [-0.4, -0.2) is 37.1 Å². The fourth-order valence-corrected chi connectivity index (χ4v) is 3.01. The van der Waals surface area contributed by atoms with Crippen molar-refractivity contribution in [3.63, 3.8) is 0 Å². The van der Waals surface area contributed by atoms with Crippen LogP contribution in [0.4, 0.5) is 0 Å². The number of nitrogens with zero attached hydrogens (tertiary/aromatic N) is 2. The molecular weight excluding hydrogens is 234 g/mol. The minimum absolute atomic E-state index is 0.343. The summed E-state index contributed by atoms with van der Waals surface area (Å²) in [5.74, 6) is 0.922. The van der Waals surface area contributed by atoms with E-state index in [1.807, 2.05) is 6.92 Å². The highest BCUT2D eigenvalue weighted by Crippen LogP contribution is 2.25. The van der Waals surface area contributed by atoms with Gasteiger partial charge in [-0.2, -0.15) is 5.26 Å². The lowest BCUT2D eigenvalue weighted by Crippen LogP contribution is -2.42. The third kappa shape index (κ3) is 6.40. The summed E-state index contributed by atoms with van der Waals surface area (Å²) in [6, 6.07) is 2.43. The fraction of sp³-hybridized carbons (Fsp3) is 0.938. The number of hydrogen-bond donors (Lipinski definition) is 1. The number of rotatable bonds is 9. The molecule has 1 N–H and O–H groups in total. The van der Waals surface area contributed by atoms with Gasteiger partial charge in [0.2, 0.25) is 0 Å². The molecule has 1 rings (SSSR count). The molecule has 1 aliphatic carbocycles. The fourth-order valence-electron chi connectivity index (χ4n) is 3.01. The molecule has 0 bridgehead atoms. The van der Waals surface area contributed by atoms with Crippen molar-refractivity contribution in [2.45, 2.75) is 64.3 Å². The Bertz CT molecular complexity index is 278. The van der Waals surface area contributed by atoms with Gasteiger partial charge < -0.3 is 4.90 Å². The first-order valence-corrected chi connectivity index (χ1v) is 7.94. The molecule has 3 nitrogen and oxygen atoms in total. The molecule has 1 atom stereocenters. The molecule has 3 heteroatoms. The van der Waals surface area contributed by atoms with Crippen LogP contribution < -0.4 is 5.32 Å². The molecule has 0 aromatic heterocycles. The van der Waals surface area contributed by atoms with E-state index in [-0.39, 0.29) is 5.54 Å². The van der Waals surface area contributed by atoms with Crippen molar-refractivity contribution in [3.8, 4) is 6.07 Å². The van der Waals surface area contributed by atoms with E-state index in [2.05, 4.69) is 30.3 Å². The maximum Gasteiger partial charge on any atom is 0.103 e. The quantitative estimate of drug-likeness (QED) is 0.696. The molecule has 110 valence electrons. The van der Waals surface area contributed by atoms with Crippen molar-refractivity contribution < 1.29 is 0 Å². The Balaban J connectivity index is 2.18. The molecule has 1 saturated carbocycles. The predicted octanol–water partition coefficient (Wildman–Crippen LogP) is 3.17. The summed E-state index contributed by atoms with van der Waals surface area (Å²) in [6.45, 7) is 7.45. The average Bonchev–Trinajstić information content (AvgIpc) is 2.89. The molecule has 0 amide bonds. The van der Waals surface area contributed by atoms with Gasteiger partial charge in [-0.1, -0.05) is 19.8 Å². The van der Waals surface area contributed by atoms with Gasteiger partial charge in [-0.3, -0.25) is 5.32 Å². The standard InChI is InChI=1S/C16H31N3/c1-4-11-18-16(2,14-17)10-7-12-19(3)13-15-8-5-6-9-15/h15,18H,4-13H2,1-3H3. The Morgan fingerprint density at radius 2 is 2.05 bits per heavy atom. The second kappa shape index (κ2) is 8.55. The van der Waals surface area contributed by atoms with Crippen molar-refractivity contribution in [1.82, 2.24) is 10.2 Å². The van der Waals surface area contributed by atoms with Crippen LogP contribution in [0.25, 0.3) is 0 Å². The Kier molecular flexibility index (Phi) is 7.41. The molecule has 1 aliphatic rings. The van der Waals surface area contributed by atoms with Gasteiger partial charge in [0, 0.05) is 6.54 Å². The zero-order valence-electron chi connectivity index (χ0n) is 13.0. The molecule has 0 aromatic carbocycles. The summed E-state index contributed by atoms with van der Waals surface area (Å²) in [5, 5.41) is 12.6. The van der Waals surface area contributed by atoms with Crippen LogP contribution in [0, 0.1) is 17.2 Å². The van der Waals surface area contributed by atoms with Gasteiger partial charge >= 0.3 is 0 Å². The number of nitrogens with one attached hydrogen (secondary N) is 1. The van der Waals surface area contributed by atoms with Crippen molar-refractivity contribution in [2.24, 2.45) is 5.92 Å². The maximum absolute atomic E-state index is 9.28. The summed E-state index contributed by atoms with van der Waals surface area (Å²) < 4.78 is 0. The summed E-state index contributed by atoms with van der Waals surface area (Å²) >= 11 is 0. The Morgan fingerprint density at radius 1 is 1.37 bits per heavy atom. The molecule has 0 aromatic rings. The van der Waals surface area contributed by atoms with Crippen molar-refractivity contribution >= 4 is 0 Å². The lowest BCUT2D eigenvalue weighted by molar-refractivity contribution is 0.263. The first-order valence-electron chi connectivity index (χ1n) is 7.94. The van der Waals surface area contributed by atoms with E-state index in [0.717, 1.165) is 38.3 Å². The van der Waals surface area contributed by atoms with E-state index in [9.17, 15) is 5.26 Å². The van der Waals surface area contributed by atoms with E-state index >= 15 is 0 Å². The Labute approximate surface area is 119 Å². The van der Waals surface area contributed by atoms with Crippen LogP contribution in [0.15, 0.2) is 0 Å². The molecular formula is C16H31N3. The lowest BCUT2D eigenvalue weighted by Gasteiger charge is -2.25. The van der Waals surface area contributed by atoms with Crippen LogP contribution in [0.3, 0.4) is 0 Å². The maximum atomic E-state index is 9.28. The van der Waals surface area contributed by atoms with Crippen LogP contribution >= 0.6 is 0 Å². The normalized spacial score (nSPS) is 19.5. The summed E-state index contributed by atoms with van der Waals surface area (Å²) in [6.07, 6.45) is 8.80. The van der Waals surface area contributed by atoms with Crippen molar-refractivity contribution in [3.05, 3.63) is 0 Å². The second-order valence-corrected chi connectivity index (χ2v) is 6.39. The van der Waals surface area contributed by atoms with Crippen LogP contribution in [0.2, 0.25) is 0 Å². The Hall–Kier alpha value is -0.590. The first-order chi connectivity index (χ1) is 9.09. The van der Waals surface area contributed by atoms with Gasteiger partial charge in [-0.25, -0.2) is 0 Å². The largest absolute Gasteiger partial charge is 0.306 e. The van der Waals surface area contributed by atoms with Crippen LogP contribution in [-0.2, 0) is 0 Å². The zero-order chi connectivity index (χ0) is 14.1. The topological polar surface area (TPSA) is 39.1 Å². The lowest BCUT2D eigenvalue weighted by atomic mass is 9.97. The summed E-state index contributed by atoms with van der Waals surface area (Å²) in [4.78, 5) is 2.45. The first kappa shape index (κ1) is 16.5. The molecule has 0 saturated heterocycles. The molecule has 1 unspecified atom stereocenters. The molecule has 0 radical (unpaired) electrons. The zero-order valence-corrected chi connectivity index (χ0v) is 13.0. The smallest absolute Gasteiger partial charge is 0.103 e. The van der Waals surface area contributed by atoms with E-state index < -0.39 is 0 Å². The SMILES string of the molecule is CCCNC(C)(C#N)CCCN(C)CC1CCCC1. The van der Waals surface area contributed by atoms with Crippen LogP contribution in [0.5, 0.6) is 0 Å². The third-order valence-electron chi connectivity index (χ3n) is 4.27. The van der Waals surface area contributed by atoms with E-state index in [0.29, 0.717) is 0 Å². The monoisotopic (exact) mass is 265 g/mol. The van der Waals surface area contributed by atoms with Crippen LogP contribution in [0.1, 0.15) is 58.8 Å². The van der Waals surface area contributed by atoms with E-state index in [1.54, 1.807) is 0 Å². The van der Waals surface area contributed by atoms with E-state index in [4.69, 9.17) is 0 Å². The minimum Gasteiger partial charge on any atom is -0.306 e. The van der Waals surface area contributed by atoms with Gasteiger partial charge in [-0.05, 0) is 65.1 Å². The minimum atomic E-state index is -0.343. The molecule has 1 fully saturated rings. The molecule has 0 aliphatic heterocycles.